The van der Waals surface area contributed by atoms with Crippen LogP contribution in [0.3, 0.4) is 0 Å². The fraction of sp³-hybridized carbons (Fsp3) is 0.786. The van der Waals surface area contributed by atoms with Crippen LogP contribution in [-0.2, 0) is 17.8 Å². The summed E-state index contributed by atoms with van der Waals surface area (Å²) in [6.45, 7) is 6.97. The Hall–Kier alpha value is -0.870. The molecule has 18 heavy (non-hydrogen) atoms. The Kier molecular flexibility index (Phi) is 5.68. The predicted molar refractivity (Wildman–Crippen MR) is 72.4 cm³/mol. The molecular weight excluding hydrogens is 226 g/mol. The molecule has 1 saturated carbocycles. The molecule has 0 amide bonds. The van der Waals surface area contributed by atoms with E-state index in [-0.39, 0.29) is 0 Å². The molecule has 1 aliphatic carbocycles. The molecule has 4 nitrogen and oxygen atoms in total. The number of rotatable bonds is 10. The number of hydrogen-bond acceptors (Lipinski definition) is 3. The number of ether oxygens (including phenoxy) is 1. The third-order valence-electron chi connectivity index (χ3n) is 3.16. The normalized spacial score (nSPS) is 15.2. The number of nitrogens with one attached hydrogen (secondary N) is 1. The van der Waals surface area contributed by atoms with E-state index in [1.165, 1.54) is 18.4 Å². The van der Waals surface area contributed by atoms with E-state index in [1.807, 2.05) is 10.9 Å². The summed E-state index contributed by atoms with van der Waals surface area (Å²) in [6, 6.07) is 0. The minimum Gasteiger partial charge on any atom is -0.381 e. The molecule has 4 heteroatoms. The lowest BCUT2D eigenvalue weighted by Crippen LogP contribution is -2.16. The van der Waals surface area contributed by atoms with Gasteiger partial charge >= 0.3 is 0 Å². The molecule has 0 aromatic carbocycles. The lowest BCUT2D eigenvalue weighted by atomic mass is 10.3. The van der Waals surface area contributed by atoms with Crippen molar-refractivity contribution in [3.05, 3.63) is 18.0 Å². The Labute approximate surface area is 110 Å². The van der Waals surface area contributed by atoms with Gasteiger partial charge in [0.1, 0.15) is 0 Å². The van der Waals surface area contributed by atoms with Crippen molar-refractivity contribution in [1.82, 2.24) is 15.1 Å². The number of aromatic nitrogens is 2. The van der Waals surface area contributed by atoms with Crippen molar-refractivity contribution < 1.29 is 4.74 Å². The minimum atomic E-state index is 0.877. The van der Waals surface area contributed by atoms with Crippen molar-refractivity contribution in [2.24, 2.45) is 5.92 Å². The van der Waals surface area contributed by atoms with Crippen LogP contribution in [0, 0.1) is 5.92 Å². The summed E-state index contributed by atoms with van der Waals surface area (Å²) >= 11 is 0. The van der Waals surface area contributed by atoms with Gasteiger partial charge in [0, 0.05) is 38.1 Å². The van der Waals surface area contributed by atoms with Gasteiger partial charge in [-0.3, -0.25) is 4.68 Å². The maximum absolute atomic E-state index is 5.59. The third kappa shape index (κ3) is 5.19. The van der Waals surface area contributed by atoms with Crippen LogP contribution in [0.15, 0.2) is 12.4 Å². The summed E-state index contributed by atoms with van der Waals surface area (Å²) in [7, 11) is 0. The van der Waals surface area contributed by atoms with Gasteiger partial charge in [-0.15, -0.1) is 0 Å². The standard InChI is InChI=1S/C14H25N3O/c1-2-7-17-11-14(10-16-17)9-15-6-3-8-18-12-13-4-5-13/h10-11,13,15H,2-9,12H2,1H3. The average molecular weight is 251 g/mol. The van der Waals surface area contributed by atoms with Gasteiger partial charge in [0.05, 0.1) is 6.20 Å². The van der Waals surface area contributed by atoms with Crippen molar-refractivity contribution in [2.45, 2.75) is 45.7 Å². The molecule has 1 fully saturated rings. The summed E-state index contributed by atoms with van der Waals surface area (Å²) < 4.78 is 7.60. The summed E-state index contributed by atoms with van der Waals surface area (Å²) in [5.74, 6) is 0.877. The molecule has 0 bridgehead atoms. The van der Waals surface area contributed by atoms with Crippen LogP contribution in [0.4, 0.5) is 0 Å². The van der Waals surface area contributed by atoms with Gasteiger partial charge in [-0.05, 0) is 38.1 Å². The summed E-state index contributed by atoms with van der Waals surface area (Å²) in [4.78, 5) is 0. The zero-order valence-electron chi connectivity index (χ0n) is 11.4. The van der Waals surface area contributed by atoms with Crippen molar-refractivity contribution in [3.8, 4) is 0 Å². The molecule has 102 valence electrons. The van der Waals surface area contributed by atoms with Gasteiger partial charge in [-0.1, -0.05) is 6.92 Å². The predicted octanol–water partition coefficient (Wildman–Crippen LogP) is 2.20. The molecule has 0 atom stereocenters. The first-order chi connectivity index (χ1) is 8.88. The SMILES string of the molecule is CCCn1cc(CNCCCOCC2CC2)cn1. The quantitative estimate of drug-likeness (QED) is 0.648. The molecular formula is C14H25N3O. The van der Waals surface area contributed by atoms with Crippen LogP contribution >= 0.6 is 0 Å². The van der Waals surface area contributed by atoms with E-state index in [0.29, 0.717) is 0 Å². The number of aryl methyl sites for hydroxylation is 1. The molecule has 0 spiro atoms. The monoisotopic (exact) mass is 251 g/mol. The molecule has 1 aromatic rings. The molecule has 1 heterocycles. The van der Waals surface area contributed by atoms with Gasteiger partial charge in [0.2, 0.25) is 0 Å². The summed E-state index contributed by atoms with van der Waals surface area (Å²) in [5.41, 5.74) is 1.27. The van der Waals surface area contributed by atoms with Gasteiger partial charge in [0.15, 0.2) is 0 Å². The van der Waals surface area contributed by atoms with Gasteiger partial charge in [-0.2, -0.15) is 5.10 Å². The van der Waals surface area contributed by atoms with Crippen LogP contribution in [0.5, 0.6) is 0 Å². The second-order valence-corrected chi connectivity index (χ2v) is 5.16. The summed E-state index contributed by atoms with van der Waals surface area (Å²) in [5, 5.41) is 7.74. The highest BCUT2D eigenvalue weighted by Crippen LogP contribution is 2.28. The second kappa shape index (κ2) is 7.54. The highest BCUT2D eigenvalue weighted by Gasteiger charge is 2.20. The lowest BCUT2D eigenvalue weighted by molar-refractivity contribution is 0.122. The zero-order chi connectivity index (χ0) is 12.6. The van der Waals surface area contributed by atoms with Gasteiger partial charge in [-0.25, -0.2) is 0 Å². The molecule has 0 radical (unpaired) electrons. The number of nitrogens with zero attached hydrogens (tertiary/aromatic N) is 2. The second-order valence-electron chi connectivity index (χ2n) is 5.16. The van der Waals surface area contributed by atoms with E-state index in [2.05, 4.69) is 23.5 Å². The van der Waals surface area contributed by atoms with Crippen LogP contribution in [0.2, 0.25) is 0 Å². The molecule has 0 aliphatic heterocycles. The Morgan fingerprint density at radius 2 is 2.39 bits per heavy atom. The fourth-order valence-electron chi connectivity index (χ4n) is 1.92. The van der Waals surface area contributed by atoms with E-state index in [4.69, 9.17) is 4.74 Å². The molecule has 1 aliphatic rings. The Bertz CT molecular complexity index is 334. The van der Waals surface area contributed by atoms with Crippen LogP contribution in [-0.4, -0.2) is 29.5 Å². The van der Waals surface area contributed by atoms with E-state index in [1.54, 1.807) is 0 Å². The zero-order valence-corrected chi connectivity index (χ0v) is 11.4. The Balaban J connectivity index is 1.46. The van der Waals surface area contributed by atoms with Crippen LogP contribution in [0.25, 0.3) is 0 Å². The van der Waals surface area contributed by atoms with E-state index in [9.17, 15) is 0 Å². The molecule has 0 unspecified atom stereocenters. The van der Waals surface area contributed by atoms with Crippen molar-refractivity contribution in [3.63, 3.8) is 0 Å². The fourth-order valence-corrected chi connectivity index (χ4v) is 1.92. The highest BCUT2D eigenvalue weighted by atomic mass is 16.5. The molecule has 0 saturated heterocycles. The first-order valence-electron chi connectivity index (χ1n) is 7.18. The van der Waals surface area contributed by atoms with Crippen LogP contribution < -0.4 is 5.32 Å². The van der Waals surface area contributed by atoms with E-state index in [0.717, 1.165) is 51.6 Å². The maximum Gasteiger partial charge on any atom is 0.0534 e. The summed E-state index contributed by atoms with van der Waals surface area (Å²) in [6.07, 6.45) is 9.05. The lowest BCUT2D eigenvalue weighted by Gasteiger charge is -2.04. The molecule has 2 rings (SSSR count). The van der Waals surface area contributed by atoms with Gasteiger partial charge in [0.25, 0.3) is 0 Å². The third-order valence-corrected chi connectivity index (χ3v) is 3.16. The van der Waals surface area contributed by atoms with Gasteiger partial charge < -0.3 is 10.1 Å². The average Bonchev–Trinajstić information content (AvgIpc) is 3.09. The van der Waals surface area contributed by atoms with E-state index < -0.39 is 0 Å². The van der Waals surface area contributed by atoms with E-state index >= 15 is 0 Å². The number of hydrogen-bond donors (Lipinski definition) is 1. The van der Waals surface area contributed by atoms with Crippen molar-refractivity contribution >= 4 is 0 Å². The topological polar surface area (TPSA) is 39.1 Å². The Morgan fingerprint density at radius 3 is 3.17 bits per heavy atom. The highest BCUT2D eigenvalue weighted by molar-refractivity contribution is 5.03. The first-order valence-corrected chi connectivity index (χ1v) is 7.18. The largest absolute Gasteiger partial charge is 0.381 e. The van der Waals surface area contributed by atoms with Crippen molar-refractivity contribution in [1.29, 1.82) is 0 Å². The maximum atomic E-state index is 5.59. The first kappa shape index (κ1) is 13.6. The molecule has 1 N–H and O–H groups in total. The molecule has 1 aromatic heterocycles. The van der Waals surface area contributed by atoms with Crippen molar-refractivity contribution in [2.75, 3.05) is 19.8 Å². The Morgan fingerprint density at radius 1 is 1.50 bits per heavy atom. The smallest absolute Gasteiger partial charge is 0.0534 e. The van der Waals surface area contributed by atoms with Crippen LogP contribution in [0.1, 0.15) is 38.2 Å². The minimum absolute atomic E-state index is 0.877.